The quantitative estimate of drug-likeness (QED) is 0.646. The van der Waals surface area contributed by atoms with E-state index < -0.39 is 17.3 Å². The summed E-state index contributed by atoms with van der Waals surface area (Å²) >= 11 is 0. The molecule has 0 unspecified atom stereocenters. The van der Waals surface area contributed by atoms with Crippen LogP contribution in [0.15, 0.2) is 24.4 Å². The molecule has 0 amide bonds. The van der Waals surface area contributed by atoms with E-state index in [-0.39, 0.29) is 11.8 Å². The van der Waals surface area contributed by atoms with E-state index >= 15 is 0 Å². The summed E-state index contributed by atoms with van der Waals surface area (Å²) in [5.41, 5.74) is 1.95. The van der Waals surface area contributed by atoms with Crippen LogP contribution in [0.2, 0.25) is 0 Å². The summed E-state index contributed by atoms with van der Waals surface area (Å²) in [6.07, 6.45) is 3.53. The summed E-state index contributed by atoms with van der Waals surface area (Å²) < 4.78 is 14.3. The number of nitrogens with zero attached hydrogens (tertiary/aromatic N) is 4. The van der Waals surface area contributed by atoms with E-state index in [1.54, 1.807) is 0 Å². The molecule has 1 aromatic carbocycles. The van der Waals surface area contributed by atoms with Crippen molar-refractivity contribution in [2.45, 2.75) is 38.1 Å². The maximum absolute atomic E-state index is 14.3. The molecule has 9 heteroatoms. The maximum Gasteiger partial charge on any atom is 0.329 e. The molecular formula is C22H29FN6O2. The molecule has 0 atom stereocenters. The van der Waals surface area contributed by atoms with Gasteiger partial charge in [-0.3, -0.25) is 0 Å². The number of carboxylic acids is 1. The van der Waals surface area contributed by atoms with Gasteiger partial charge >= 0.3 is 5.97 Å². The van der Waals surface area contributed by atoms with Gasteiger partial charge in [-0.15, -0.1) is 0 Å². The van der Waals surface area contributed by atoms with Crippen molar-refractivity contribution in [3.8, 4) is 0 Å². The van der Waals surface area contributed by atoms with Crippen molar-refractivity contribution in [1.29, 1.82) is 0 Å². The van der Waals surface area contributed by atoms with Crippen LogP contribution in [0.5, 0.6) is 0 Å². The molecule has 1 saturated heterocycles. The van der Waals surface area contributed by atoms with Crippen LogP contribution in [0.1, 0.15) is 31.2 Å². The first-order chi connectivity index (χ1) is 14.9. The van der Waals surface area contributed by atoms with Crippen LogP contribution in [-0.4, -0.2) is 64.7 Å². The number of aryl methyl sites for hydroxylation is 1. The van der Waals surface area contributed by atoms with Gasteiger partial charge in [0.05, 0.1) is 6.20 Å². The molecule has 2 fully saturated rings. The summed E-state index contributed by atoms with van der Waals surface area (Å²) in [6, 6.07) is 6.04. The molecule has 166 valence electrons. The molecule has 0 spiro atoms. The van der Waals surface area contributed by atoms with Gasteiger partial charge in [0, 0.05) is 37.6 Å². The van der Waals surface area contributed by atoms with Crippen molar-refractivity contribution in [1.82, 2.24) is 14.9 Å². The largest absolute Gasteiger partial charge is 0.480 e. The van der Waals surface area contributed by atoms with Crippen LogP contribution in [0.3, 0.4) is 0 Å². The van der Waals surface area contributed by atoms with Gasteiger partial charge in [0.25, 0.3) is 0 Å². The minimum Gasteiger partial charge on any atom is -0.480 e. The van der Waals surface area contributed by atoms with Crippen LogP contribution in [-0.2, 0) is 4.79 Å². The van der Waals surface area contributed by atoms with Crippen LogP contribution < -0.4 is 15.5 Å². The molecule has 1 aromatic heterocycles. The van der Waals surface area contributed by atoms with Gasteiger partial charge in [-0.05, 0) is 50.6 Å². The summed E-state index contributed by atoms with van der Waals surface area (Å²) in [5.74, 6) is -1.52. The van der Waals surface area contributed by atoms with Gasteiger partial charge in [-0.25, -0.2) is 14.2 Å². The molecule has 8 nitrogen and oxygen atoms in total. The van der Waals surface area contributed by atoms with E-state index in [0.717, 1.165) is 56.5 Å². The molecule has 3 N–H and O–H groups in total. The molecule has 31 heavy (non-hydrogen) atoms. The summed E-state index contributed by atoms with van der Waals surface area (Å²) in [6.45, 7) is 6.12. The predicted octanol–water partition coefficient (Wildman–Crippen LogP) is 3.23. The van der Waals surface area contributed by atoms with E-state index in [1.165, 1.54) is 5.69 Å². The van der Waals surface area contributed by atoms with Crippen molar-refractivity contribution >= 4 is 29.1 Å². The Labute approximate surface area is 181 Å². The van der Waals surface area contributed by atoms with Crippen molar-refractivity contribution in [2.75, 3.05) is 48.8 Å². The number of piperazine rings is 1. The average Bonchev–Trinajstić information content (AvgIpc) is 3.22. The van der Waals surface area contributed by atoms with Crippen molar-refractivity contribution in [2.24, 2.45) is 0 Å². The van der Waals surface area contributed by atoms with Gasteiger partial charge in [0.2, 0.25) is 5.95 Å². The number of aromatic nitrogens is 2. The third kappa shape index (κ3) is 4.56. The van der Waals surface area contributed by atoms with E-state index in [1.807, 2.05) is 12.1 Å². The second-order valence-electron chi connectivity index (χ2n) is 8.53. The monoisotopic (exact) mass is 428 g/mol. The third-order valence-electron chi connectivity index (χ3n) is 6.27. The molecule has 2 heterocycles. The van der Waals surface area contributed by atoms with Gasteiger partial charge < -0.3 is 25.5 Å². The molecule has 1 aliphatic heterocycles. The number of hydrogen-bond donors (Lipinski definition) is 3. The molecule has 4 rings (SSSR count). The Kier molecular flexibility index (Phi) is 5.95. The maximum atomic E-state index is 14.3. The van der Waals surface area contributed by atoms with Crippen LogP contribution in [0.4, 0.5) is 27.5 Å². The lowest BCUT2D eigenvalue weighted by molar-refractivity contribution is -0.142. The normalized spacial score (nSPS) is 18.7. The fraction of sp³-hybridized carbons (Fsp3) is 0.500. The van der Waals surface area contributed by atoms with Gasteiger partial charge in [0.1, 0.15) is 5.54 Å². The highest BCUT2D eigenvalue weighted by Crippen LogP contribution is 2.34. The molecular weight excluding hydrogens is 399 g/mol. The number of carbonyl (C=O) groups is 1. The smallest absolute Gasteiger partial charge is 0.329 e. The molecule has 1 aliphatic carbocycles. The number of rotatable bonds is 6. The molecule has 0 radical (unpaired) electrons. The highest BCUT2D eigenvalue weighted by atomic mass is 19.1. The Morgan fingerprint density at radius 3 is 2.55 bits per heavy atom. The van der Waals surface area contributed by atoms with Crippen molar-refractivity contribution in [3.05, 3.63) is 35.8 Å². The number of halogens is 1. The van der Waals surface area contributed by atoms with E-state index in [2.05, 4.69) is 50.4 Å². The Hall–Kier alpha value is -2.94. The first-order valence-electron chi connectivity index (χ1n) is 10.7. The Morgan fingerprint density at radius 2 is 1.90 bits per heavy atom. The van der Waals surface area contributed by atoms with E-state index in [9.17, 15) is 14.3 Å². The van der Waals surface area contributed by atoms with E-state index in [4.69, 9.17) is 0 Å². The fourth-order valence-corrected chi connectivity index (χ4v) is 4.38. The molecule has 0 bridgehead atoms. The summed E-state index contributed by atoms with van der Waals surface area (Å²) in [7, 11) is 2.13. The Bertz CT molecular complexity index is 955. The number of nitrogens with one attached hydrogen (secondary N) is 2. The van der Waals surface area contributed by atoms with Crippen LogP contribution in [0, 0.1) is 12.7 Å². The first-order valence-corrected chi connectivity index (χ1v) is 10.7. The summed E-state index contributed by atoms with van der Waals surface area (Å²) in [4.78, 5) is 24.7. The Morgan fingerprint density at radius 1 is 1.19 bits per heavy atom. The molecule has 2 aliphatic rings. The van der Waals surface area contributed by atoms with Gasteiger partial charge in [-0.1, -0.05) is 12.8 Å². The van der Waals surface area contributed by atoms with Gasteiger partial charge in [-0.2, -0.15) is 4.98 Å². The highest BCUT2D eigenvalue weighted by Gasteiger charge is 2.42. The van der Waals surface area contributed by atoms with Crippen molar-refractivity contribution in [3.63, 3.8) is 0 Å². The number of aliphatic carboxylic acids is 1. The zero-order valence-corrected chi connectivity index (χ0v) is 18.0. The average molecular weight is 429 g/mol. The zero-order valence-electron chi connectivity index (χ0n) is 18.0. The second kappa shape index (κ2) is 8.66. The minimum atomic E-state index is -1.17. The second-order valence-corrected chi connectivity index (χ2v) is 8.53. The van der Waals surface area contributed by atoms with Crippen LogP contribution >= 0.6 is 0 Å². The van der Waals surface area contributed by atoms with Crippen molar-refractivity contribution < 1.29 is 14.3 Å². The topological polar surface area (TPSA) is 93.6 Å². The minimum absolute atomic E-state index is 0.0902. The SMILES string of the molecule is Cc1cc(Nc2ncc(F)c(NC3(C(=O)O)CCCC3)n2)ccc1N1CCN(C)CC1. The summed E-state index contributed by atoms with van der Waals surface area (Å²) in [5, 5.41) is 15.6. The zero-order chi connectivity index (χ0) is 22.0. The first kappa shape index (κ1) is 21.3. The number of anilines is 4. The lowest BCUT2D eigenvalue weighted by Gasteiger charge is -2.35. The standard InChI is InChI=1S/C22H29FN6O2/c1-15-13-16(5-6-18(15)29-11-9-28(2)10-12-29)25-21-24-14-17(23)19(26-21)27-22(20(30)31)7-3-4-8-22/h5-6,13-14H,3-4,7-12H2,1-2H3,(H,30,31)(H2,24,25,26,27). The van der Waals surface area contributed by atoms with E-state index in [0.29, 0.717) is 12.8 Å². The lowest BCUT2D eigenvalue weighted by Crippen LogP contribution is -2.44. The predicted molar refractivity (Wildman–Crippen MR) is 119 cm³/mol. The fourth-order valence-electron chi connectivity index (χ4n) is 4.38. The van der Waals surface area contributed by atoms with Crippen LogP contribution in [0.25, 0.3) is 0 Å². The third-order valence-corrected chi connectivity index (χ3v) is 6.27. The number of hydrogen-bond acceptors (Lipinski definition) is 7. The highest BCUT2D eigenvalue weighted by molar-refractivity contribution is 5.83. The number of likely N-dealkylation sites (N-methyl/N-ethyl adjacent to an activating group) is 1. The molecule has 2 aromatic rings. The Balaban J connectivity index is 1.50. The number of benzene rings is 1. The van der Waals surface area contributed by atoms with Gasteiger partial charge in [0.15, 0.2) is 11.6 Å². The molecule has 1 saturated carbocycles. The number of carboxylic acid groups (broad SMARTS) is 1. The lowest BCUT2D eigenvalue weighted by atomic mass is 9.98.